The summed E-state index contributed by atoms with van der Waals surface area (Å²) in [5, 5.41) is 14.9. The van der Waals surface area contributed by atoms with E-state index in [1.807, 2.05) is 43.3 Å². The number of anilines is 1. The standard InChI is InChI=1S/C23H20Cl2N4O2/c1-15-9-18(13-30-2)20(11-26)23(28-15)29-27-12-16-5-3-4-6-22(16)31-14-17-7-8-19(24)10-21(17)25/h3-10,12H,13-14H2,1-2H3,(H,28,29)/b27-12-. The summed E-state index contributed by atoms with van der Waals surface area (Å²) in [4.78, 5) is 4.37. The highest BCUT2D eigenvalue weighted by atomic mass is 35.5. The Morgan fingerprint density at radius 1 is 1.13 bits per heavy atom. The van der Waals surface area contributed by atoms with Crippen LogP contribution in [0.1, 0.15) is 27.9 Å². The molecule has 1 N–H and O–H groups in total. The van der Waals surface area contributed by atoms with Crippen LogP contribution in [0.5, 0.6) is 5.75 Å². The number of ether oxygens (including phenoxy) is 2. The maximum Gasteiger partial charge on any atom is 0.164 e. The molecule has 2 aromatic carbocycles. The maximum atomic E-state index is 9.52. The number of rotatable bonds is 8. The highest BCUT2D eigenvalue weighted by molar-refractivity contribution is 6.35. The van der Waals surface area contributed by atoms with Gasteiger partial charge < -0.3 is 9.47 Å². The Kier molecular flexibility index (Phi) is 7.85. The van der Waals surface area contributed by atoms with Crippen molar-refractivity contribution in [1.29, 1.82) is 5.26 Å². The Morgan fingerprint density at radius 2 is 1.94 bits per heavy atom. The number of hydrazone groups is 1. The van der Waals surface area contributed by atoms with Gasteiger partial charge in [0.05, 0.1) is 12.8 Å². The van der Waals surface area contributed by atoms with Gasteiger partial charge in [0, 0.05) is 39.5 Å². The average molecular weight is 455 g/mol. The Hall–Kier alpha value is -3.11. The van der Waals surface area contributed by atoms with E-state index in [1.54, 1.807) is 25.5 Å². The summed E-state index contributed by atoms with van der Waals surface area (Å²) in [7, 11) is 1.58. The van der Waals surface area contributed by atoms with Crippen LogP contribution in [0.25, 0.3) is 0 Å². The van der Waals surface area contributed by atoms with E-state index in [-0.39, 0.29) is 6.61 Å². The monoisotopic (exact) mass is 454 g/mol. The van der Waals surface area contributed by atoms with Crippen molar-refractivity contribution in [3.63, 3.8) is 0 Å². The fourth-order valence-electron chi connectivity index (χ4n) is 2.89. The molecule has 0 atom stereocenters. The van der Waals surface area contributed by atoms with Crippen molar-refractivity contribution in [2.75, 3.05) is 12.5 Å². The van der Waals surface area contributed by atoms with Gasteiger partial charge in [-0.05, 0) is 37.3 Å². The molecule has 0 radical (unpaired) electrons. The molecule has 1 heterocycles. The first-order valence-electron chi connectivity index (χ1n) is 9.36. The molecule has 0 saturated carbocycles. The number of benzene rings is 2. The fourth-order valence-corrected chi connectivity index (χ4v) is 3.35. The smallest absolute Gasteiger partial charge is 0.164 e. The normalized spacial score (nSPS) is 10.8. The lowest BCUT2D eigenvalue weighted by Crippen LogP contribution is -2.04. The van der Waals surface area contributed by atoms with Crippen LogP contribution < -0.4 is 10.2 Å². The molecule has 0 saturated heterocycles. The van der Waals surface area contributed by atoms with E-state index in [0.717, 1.165) is 22.4 Å². The van der Waals surface area contributed by atoms with Gasteiger partial charge in [0.1, 0.15) is 24.0 Å². The topological polar surface area (TPSA) is 79.5 Å². The van der Waals surface area contributed by atoms with Crippen LogP contribution in [-0.4, -0.2) is 18.3 Å². The fraction of sp³-hybridized carbons (Fsp3) is 0.174. The van der Waals surface area contributed by atoms with E-state index in [1.165, 1.54) is 0 Å². The van der Waals surface area contributed by atoms with Crippen LogP contribution in [-0.2, 0) is 18.0 Å². The molecule has 0 fully saturated rings. The molecule has 6 nitrogen and oxygen atoms in total. The number of aromatic nitrogens is 1. The number of nitriles is 1. The van der Waals surface area contributed by atoms with Crippen molar-refractivity contribution >= 4 is 35.2 Å². The van der Waals surface area contributed by atoms with Crippen molar-refractivity contribution in [1.82, 2.24) is 4.98 Å². The second-order valence-corrected chi connectivity index (χ2v) is 7.47. The van der Waals surface area contributed by atoms with Gasteiger partial charge in [-0.25, -0.2) is 4.98 Å². The van der Waals surface area contributed by atoms with Gasteiger partial charge in [-0.2, -0.15) is 10.4 Å². The highest BCUT2D eigenvalue weighted by Gasteiger charge is 2.11. The summed E-state index contributed by atoms with van der Waals surface area (Å²) in [6.45, 7) is 2.45. The number of pyridine rings is 1. The maximum absolute atomic E-state index is 9.52. The zero-order valence-corrected chi connectivity index (χ0v) is 18.5. The predicted molar refractivity (Wildman–Crippen MR) is 123 cm³/mol. The lowest BCUT2D eigenvalue weighted by molar-refractivity contribution is 0.184. The predicted octanol–water partition coefficient (Wildman–Crippen LogP) is 5.74. The van der Waals surface area contributed by atoms with Gasteiger partial charge in [0.25, 0.3) is 0 Å². The van der Waals surface area contributed by atoms with Crippen LogP contribution >= 0.6 is 23.2 Å². The quantitative estimate of drug-likeness (QED) is 0.346. The van der Waals surface area contributed by atoms with Gasteiger partial charge in [-0.1, -0.05) is 41.4 Å². The lowest BCUT2D eigenvalue weighted by atomic mass is 10.1. The molecular weight excluding hydrogens is 435 g/mol. The number of hydrogen-bond acceptors (Lipinski definition) is 6. The molecule has 0 aliphatic rings. The van der Waals surface area contributed by atoms with Crippen molar-refractivity contribution in [2.45, 2.75) is 20.1 Å². The number of para-hydroxylation sites is 1. The molecule has 31 heavy (non-hydrogen) atoms. The van der Waals surface area contributed by atoms with E-state index in [4.69, 9.17) is 32.7 Å². The number of aryl methyl sites for hydroxylation is 1. The SMILES string of the molecule is COCc1cc(C)nc(N/N=C\c2ccccc2OCc2ccc(Cl)cc2Cl)c1C#N. The molecule has 8 heteroatoms. The Balaban J connectivity index is 1.76. The number of nitrogens with zero attached hydrogens (tertiary/aromatic N) is 3. The lowest BCUT2D eigenvalue weighted by Gasteiger charge is -2.11. The van der Waals surface area contributed by atoms with Gasteiger partial charge in [0.2, 0.25) is 0 Å². The first-order chi connectivity index (χ1) is 15.0. The minimum absolute atomic E-state index is 0.284. The summed E-state index contributed by atoms with van der Waals surface area (Å²) >= 11 is 12.2. The summed E-state index contributed by atoms with van der Waals surface area (Å²) < 4.78 is 11.1. The molecule has 0 aliphatic heterocycles. The Bertz CT molecular complexity index is 1140. The Morgan fingerprint density at radius 3 is 2.68 bits per heavy atom. The van der Waals surface area contributed by atoms with E-state index < -0.39 is 0 Å². The second-order valence-electron chi connectivity index (χ2n) is 6.62. The minimum Gasteiger partial charge on any atom is -0.488 e. The van der Waals surface area contributed by atoms with Crippen molar-refractivity contribution < 1.29 is 9.47 Å². The van der Waals surface area contributed by atoms with Crippen LogP contribution in [0, 0.1) is 18.3 Å². The summed E-state index contributed by atoms with van der Waals surface area (Å²) in [6.07, 6.45) is 1.61. The summed E-state index contributed by atoms with van der Waals surface area (Å²) in [5.41, 5.74) is 6.33. The summed E-state index contributed by atoms with van der Waals surface area (Å²) in [6, 6.07) is 16.7. The first-order valence-corrected chi connectivity index (χ1v) is 10.1. The van der Waals surface area contributed by atoms with Gasteiger partial charge in [-0.3, -0.25) is 5.43 Å². The molecule has 0 bridgehead atoms. The number of methoxy groups -OCH3 is 1. The van der Waals surface area contributed by atoms with Crippen molar-refractivity contribution in [2.24, 2.45) is 5.10 Å². The molecule has 0 amide bonds. The molecule has 0 aliphatic carbocycles. The zero-order valence-electron chi connectivity index (χ0n) is 17.0. The molecule has 158 valence electrons. The highest BCUT2D eigenvalue weighted by Crippen LogP contribution is 2.24. The number of nitrogens with one attached hydrogen (secondary N) is 1. The number of halogens is 2. The first kappa shape index (κ1) is 22.6. The van der Waals surface area contributed by atoms with E-state index in [0.29, 0.717) is 33.8 Å². The second kappa shape index (κ2) is 10.8. The molecular formula is C23H20Cl2N4O2. The van der Waals surface area contributed by atoms with Crippen molar-refractivity contribution in [3.8, 4) is 11.8 Å². The Labute approximate surface area is 191 Å². The zero-order chi connectivity index (χ0) is 22.2. The van der Waals surface area contributed by atoms with E-state index >= 15 is 0 Å². The minimum atomic E-state index is 0.284. The van der Waals surface area contributed by atoms with Crippen LogP contribution in [0.3, 0.4) is 0 Å². The summed E-state index contributed by atoms with van der Waals surface area (Å²) in [5.74, 6) is 1.01. The molecule has 0 spiro atoms. The third-order valence-corrected chi connectivity index (χ3v) is 4.92. The van der Waals surface area contributed by atoms with Crippen LogP contribution in [0.2, 0.25) is 10.0 Å². The molecule has 1 aromatic heterocycles. The average Bonchev–Trinajstić information content (AvgIpc) is 2.74. The third-order valence-electron chi connectivity index (χ3n) is 4.33. The van der Waals surface area contributed by atoms with E-state index in [9.17, 15) is 5.26 Å². The largest absolute Gasteiger partial charge is 0.488 e. The molecule has 0 unspecified atom stereocenters. The van der Waals surface area contributed by atoms with Crippen LogP contribution in [0.15, 0.2) is 53.6 Å². The van der Waals surface area contributed by atoms with Gasteiger partial charge in [0.15, 0.2) is 5.82 Å². The van der Waals surface area contributed by atoms with Gasteiger partial charge >= 0.3 is 0 Å². The molecule has 3 aromatic rings. The third kappa shape index (κ3) is 5.96. The van der Waals surface area contributed by atoms with Crippen LogP contribution in [0.4, 0.5) is 5.82 Å². The number of hydrogen-bond donors (Lipinski definition) is 1. The van der Waals surface area contributed by atoms with E-state index in [2.05, 4.69) is 21.6 Å². The van der Waals surface area contributed by atoms with Gasteiger partial charge in [-0.15, -0.1) is 0 Å². The van der Waals surface area contributed by atoms with Crippen molar-refractivity contribution in [3.05, 3.63) is 86.5 Å². The molecule has 3 rings (SSSR count).